The first kappa shape index (κ1) is 83.4. The van der Waals surface area contributed by atoms with Crippen molar-refractivity contribution in [3.05, 3.63) is 404 Å². The summed E-state index contributed by atoms with van der Waals surface area (Å²) < 4.78 is 0. The lowest BCUT2D eigenvalue weighted by molar-refractivity contribution is -0.000965. The van der Waals surface area contributed by atoms with Crippen LogP contribution in [0, 0.1) is 0 Å². The van der Waals surface area contributed by atoms with Crippen LogP contribution in [0.1, 0.15) is 256 Å². The smallest absolute Gasteiger partial charge is 0.116 e. The van der Waals surface area contributed by atoms with E-state index >= 15 is 0 Å². The Bertz CT molecular complexity index is 4870. The highest BCUT2D eigenvalue weighted by molar-refractivity contribution is 5.83. The highest BCUT2D eigenvalue weighted by Crippen LogP contribution is 2.55. The zero-order chi connectivity index (χ0) is 81.5. The van der Waals surface area contributed by atoms with Gasteiger partial charge in [-0.2, -0.15) is 0 Å². The predicted octanol–water partition coefficient (Wildman–Crippen LogP) is 23.6. The van der Waals surface area contributed by atoms with Crippen molar-refractivity contribution in [1.82, 2.24) is 0 Å². The molecule has 12 aromatic rings. The fraction of sp³-hybridized carbons (Fsp3) is 0.345. The van der Waals surface area contributed by atoms with E-state index in [2.05, 4.69) is 109 Å². The van der Waals surface area contributed by atoms with Crippen LogP contribution in [-0.2, 0) is 70.5 Å². The number of aryl methyl sites for hydroxylation is 4. The maximum absolute atomic E-state index is 11.0. The standard InChI is InChI=1S/2C16H14O.2C16H16O.2C12H16O.2C11H14O/c2*17-16-10-4-6-11-5-3-8-13(15(11)16)12-7-1-2-9-14(12)16;2*17-16(14-9-2-1-3-10-14)12-6-8-13-7-4-5-11-15(13)16;2*13-12(9-5-2-6-10-12)11-7-3-1-4-8-11;2*12-11(8-4-5-9-11)10-6-2-1-3-7-10/h2*1-3,5,7-9,17H,4,6,10H2;2*1-5,7,9-11,17H,6,8,12H2;2*1,3-4,7-8,13H,2,5-6,9-10H2;2*1-3,6-7,12H,4-5,8-9H2/t4*16-;;;;/m1010..../s1. The van der Waals surface area contributed by atoms with Gasteiger partial charge in [0, 0.05) is 0 Å². The van der Waals surface area contributed by atoms with Crippen LogP contribution >= 0.6 is 0 Å². The fourth-order valence-corrected chi connectivity index (χ4v) is 21.0. The van der Waals surface area contributed by atoms with Gasteiger partial charge in [0.1, 0.15) is 22.4 Å². The molecule has 0 spiro atoms. The van der Waals surface area contributed by atoms with E-state index in [0.29, 0.717) is 0 Å². The van der Waals surface area contributed by atoms with Crippen LogP contribution in [0.15, 0.2) is 315 Å². The average Bonchev–Trinajstić information content (AvgIpc) is 1.56. The number of aliphatic hydroxyl groups is 8. The average molecular weight is 1570 g/mol. The Labute approximate surface area is 700 Å². The van der Waals surface area contributed by atoms with E-state index < -0.39 is 44.8 Å². The molecule has 8 heteroatoms. The quantitative estimate of drug-likeness (QED) is 0.0816. The Morgan fingerprint density at radius 2 is 0.364 bits per heavy atom. The van der Waals surface area contributed by atoms with Gasteiger partial charge in [-0.1, -0.05) is 380 Å². The van der Waals surface area contributed by atoms with Crippen molar-refractivity contribution in [1.29, 1.82) is 0 Å². The Kier molecular flexibility index (Phi) is 26.4. The van der Waals surface area contributed by atoms with Crippen LogP contribution in [-0.4, -0.2) is 40.9 Å². The largest absolute Gasteiger partial charge is 0.385 e. The lowest BCUT2D eigenvalue weighted by Crippen LogP contribution is -2.31. The second kappa shape index (κ2) is 37.3. The molecule has 608 valence electrons. The molecule has 12 aromatic carbocycles. The topological polar surface area (TPSA) is 162 Å². The number of rotatable bonds is 6. The molecule has 118 heavy (non-hydrogen) atoms. The van der Waals surface area contributed by atoms with E-state index in [-0.39, 0.29) is 0 Å². The zero-order valence-corrected chi connectivity index (χ0v) is 68.8. The lowest BCUT2D eigenvalue weighted by Gasteiger charge is -2.35. The Balaban J connectivity index is 0.000000106. The number of benzene rings is 12. The predicted molar refractivity (Wildman–Crippen MR) is 478 cm³/mol. The normalized spacial score (nSPS) is 22.6. The molecule has 0 radical (unpaired) electrons. The van der Waals surface area contributed by atoms with Crippen LogP contribution in [0.4, 0.5) is 0 Å². The van der Waals surface area contributed by atoms with Crippen LogP contribution in [0.3, 0.4) is 0 Å². The summed E-state index contributed by atoms with van der Waals surface area (Å²) in [6, 6.07) is 106. The molecule has 8 N–H and O–H groups in total. The summed E-state index contributed by atoms with van der Waals surface area (Å²) in [6.45, 7) is 0. The SMILES string of the molecule is OC1(c2ccccc2)CCCC1.OC1(c2ccccc2)CCCC1.OC1(c2ccccc2)CCCCC1.OC1(c2ccccc2)CCCCC1.O[C@@]1(c2ccccc2)CCCc2ccccc21.O[C@@]12CCCc3cccc(c31)-c1ccccc12.O[C@]1(c2ccccc2)CCCc2ccccc21.O[C@]12CCCc3cccc(c31)-c1ccccc12. The summed E-state index contributed by atoms with van der Waals surface area (Å²) in [6.07, 6.45) is 31.1. The maximum Gasteiger partial charge on any atom is 0.116 e. The van der Waals surface area contributed by atoms with Crippen molar-refractivity contribution >= 4 is 0 Å². The first-order chi connectivity index (χ1) is 57.5. The van der Waals surface area contributed by atoms with Crippen molar-refractivity contribution in [3.63, 3.8) is 0 Å². The van der Waals surface area contributed by atoms with Gasteiger partial charge in [-0.15, -0.1) is 0 Å². The molecule has 0 unspecified atom stereocenters. The minimum atomic E-state index is -0.796. The molecule has 4 fully saturated rings. The minimum absolute atomic E-state index is 0.513. The summed E-state index contributed by atoms with van der Waals surface area (Å²) >= 11 is 0. The second-order valence-electron chi connectivity index (χ2n) is 34.8. The summed E-state index contributed by atoms with van der Waals surface area (Å²) in [5, 5.41) is 85.1. The molecule has 10 aliphatic rings. The van der Waals surface area contributed by atoms with E-state index in [1.807, 2.05) is 206 Å². The van der Waals surface area contributed by atoms with E-state index in [4.69, 9.17) is 0 Å². The van der Waals surface area contributed by atoms with E-state index in [1.54, 1.807) is 0 Å². The molecule has 10 aliphatic carbocycles. The molecule has 0 amide bonds. The molecule has 0 aromatic heterocycles. The number of hydrogen-bond acceptors (Lipinski definition) is 8. The molecule has 4 saturated carbocycles. The van der Waals surface area contributed by atoms with Crippen LogP contribution in [0.25, 0.3) is 22.3 Å². The summed E-state index contributed by atoms with van der Waals surface area (Å²) in [4.78, 5) is 0. The van der Waals surface area contributed by atoms with Gasteiger partial charge in [0.05, 0.1) is 22.4 Å². The highest BCUT2D eigenvalue weighted by atomic mass is 16.3. The maximum atomic E-state index is 11.0. The fourth-order valence-electron chi connectivity index (χ4n) is 21.0. The second-order valence-corrected chi connectivity index (χ2v) is 34.8. The van der Waals surface area contributed by atoms with Gasteiger partial charge >= 0.3 is 0 Å². The van der Waals surface area contributed by atoms with Crippen molar-refractivity contribution in [2.24, 2.45) is 0 Å². The van der Waals surface area contributed by atoms with Gasteiger partial charge in [-0.25, -0.2) is 0 Å². The molecule has 0 heterocycles. The highest BCUT2D eigenvalue weighted by Gasteiger charge is 2.47. The van der Waals surface area contributed by atoms with Crippen LogP contribution in [0.5, 0.6) is 0 Å². The summed E-state index contributed by atoms with van der Waals surface area (Å²) in [5.74, 6) is 0. The van der Waals surface area contributed by atoms with Gasteiger partial charge < -0.3 is 40.9 Å². The Morgan fingerprint density at radius 1 is 0.153 bits per heavy atom. The Hall–Kier alpha value is -9.68. The van der Waals surface area contributed by atoms with E-state index in [9.17, 15) is 40.9 Å². The van der Waals surface area contributed by atoms with Crippen molar-refractivity contribution in [2.45, 2.75) is 237 Å². The van der Waals surface area contributed by atoms with Crippen molar-refractivity contribution in [3.8, 4) is 22.3 Å². The molecule has 4 atom stereocenters. The molecule has 0 saturated heterocycles. The first-order valence-corrected chi connectivity index (χ1v) is 44.2. The minimum Gasteiger partial charge on any atom is -0.385 e. The summed E-state index contributed by atoms with van der Waals surface area (Å²) in [7, 11) is 0. The Morgan fingerprint density at radius 3 is 0.661 bits per heavy atom. The van der Waals surface area contributed by atoms with Crippen molar-refractivity contribution < 1.29 is 40.9 Å². The van der Waals surface area contributed by atoms with Gasteiger partial charge in [-0.05, 0) is 240 Å². The monoisotopic (exact) mass is 1570 g/mol. The zero-order valence-electron chi connectivity index (χ0n) is 68.8. The molecular formula is C110H120O8. The summed E-state index contributed by atoms with van der Waals surface area (Å²) in [5.41, 5.74) is 18.1. The van der Waals surface area contributed by atoms with E-state index in [0.717, 1.165) is 235 Å². The molecular weight excluding hydrogens is 1450 g/mol. The van der Waals surface area contributed by atoms with Crippen LogP contribution < -0.4 is 0 Å². The number of fused-ring (bicyclic) bond motifs is 8. The first-order valence-electron chi connectivity index (χ1n) is 44.2. The third-order valence-electron chi connectivity index (χ3n) is 27.3. The molecule has 8 nitrogen and oxygen atoms in total. The van der Waals surface area contributed by atoms with Gasteiger partial charge in [0.25, 0.3) is 0 Å². The van der Waals surface area contributed by atoms with Crippen LogP contribution in [0.2, 0.25) is 0 Å². The molecule has 22 rings (SSSR count). The van der Waals surface area contributed by atoms with E-state index in [1.165, 1.54) is 68.5 Å². The number of hydrogen-bond donors (Lipinski definition) is 8. The van der Waals surface area contributed by atoms with Gasteiger partial charge in [-0.3, -0.25) is 0 Å². The van der Waals surface area contributed by atoms with Crippen molar-refractivity contribution in [2.75, 3.05) is 0 Å². The third kappa shape index (κ3) is 18.0. The van der Waals surface area contributed by atoms with Gasteiger partial charge in [0.2, 0.25) is 0 Å². The third-order valence-corrected chi connectivity index (χ3v) is 27.3. The van der Waals surface area contributed by atoms with Gasteiger partial charge in [0.15, 0.2) is 0 Å². The molecule has 0 aliphatic heterocycles. The molecule has 0 bridgehead atoms. The lowest BCUT2D eigenvalue weighted by atomic mass is 9.75.